The Labute approximate surface area is 141 Å². The summed E-state index contributed by atoms with van der Waals surface area (Å²) in [6, 6.07) is 2.09. The molecule has 1 saturated carbocycles. The van der Waals surface area contributed by atoms with Crippen molar-refractivity contribution in [2.24, 2.45) is 14.1 Å². The molecule has 7 nitrogen and oxygen atoms in total. The highest BCUT2D eigenvalue weighted by molar-refractivity contribution is 6.03. The van der Waals surface area contributed by atoms with E-state index < -0.39 is 5.95 Å². The number of halogens is 1. The Morgan fingerprint density at radius 2 is 2.12 bits per heavy atom. The molecule has 4 aromatic heterocycles. The third-order valence-electron chi connectivity index (χ3n) is 5.22. The van der Waals surface area contributed by atoms with E-state index in [1.807, 2.05) is 10.6 Å². The molecule has 0 aliphatic heterocycles. The van der Waals surface area contributed by atoms with Gasteiger partial charge in [-0.1, -0.05) is 0 Å². The lowest BCUT2D eigenvalue weighted by molar-refractivity contribution is 0.312. The number of hydrogen-bond donors (Lipinski definition) is 1. The number of H-pyrrole nitrogens is 1. The summed E-state index contributed by atoms with van der Waals surface area (Å²) in [5.74, 6) is -0.533. The number of rotatable bonds is 2. The van der Waals surface area contributed by atoms with Crippen LogP contribution in [0.3, 0.4) is 0 Å². The molecule has 0 amide bonds. The van der Waals surface area contributed by atoms with Gasteiger partial charge in [0.15, 0.2) is 0 Å². The largest absolute Gasteiger partial charge is 0.339 e. The van der Waals surface area contributed by atoms with Crippen molar-refractivity contribution >= 4 is 22.1 Å². The first-order chi connectivity index (χ1) is 12.0. The van der Waals surface area contributed by atoms with Crippen molar-refractivity contribution in [3.63, 3.8) is 0 Å². The molecular formula is C17H17FN6O. The van der Waals surface area contributed by atoms with E-state index in [4.69, 9.17) is 0 Å². The first-order valence-corrected chi connectivity index (χ1v) is 8.32. The lowest BCUT2D eigenvalue weighted by Gasteiger charge is -2.26. The maximum atomic E-state index is 14.0. The predicted molar refractivity (Wildman–Crippen MR) is 91.9 cm³/mol. The van der Waals surface area contributed by atoms with Crippen molar-refractivity contribution in [2.75, 3.05) is 0 Å². The summed E-state index contributed by atoms with van der Waals surface area (Å²) in [7, 11) is 3.44. The molecule has 1 N–H and O–H groups in total. The van der Waals surface area contributed by atoms with Gasteiger partial charge in [-0.3, -0.25) is 13.8 Å². The van der Waals surface area contributed by atoms with E-state index in [2.05, 4.69) is 15.1 Å². The zero-order valence-corrected chi connectivity index (χ0v) is 14.0. The lowest BCUT2D eigenvalue weighted by atomic mass is 9.93. The quantitative estimate of drug-likeness (QED) is 0.609. The summed E-state index contributed by atoms with van der Waals surface area (Å²) in [4.78, 5) is 20.3. The van der Waals surface area contributed by atoms with Gasteiger partial charge in [-0.2, -0.15) is 4.39 Å². The van der Waals surface area contributed by atoms with Crippen molar-refractivity contribution < 1.29 is 4.39 Å². The van der Waals surface area contributed by atoms with Crippen molar-refractivity contribution in [2.45, 2.75) is 25.3 Å². The molecule has 4 aromatic rings. The second-order valence-corrected chi connectivity index (χ2v) is 6.74. The Hall–Kier alpha value is -2.90. The fourth-order valence-electron chi connectivity index (χ4n) is 3.68. The van der Waals surface area contributed by atoms with Crippen LogP contribution in [0.15, 0.2) is 23.3 Å². The molecule has 0 bridgehead atoms. The van der Waals surface area contributed by atoms with Gasteiger partial charge in [-0.05, 0) is 25.3 Å². The van der Waals surface area contributed by atoms with Gasteiger partial charge in [0.05, 0.1) is 28.5 Å². The molecule has 0 aromatic carbocycles. The average Bonchev–Trinajstić information content (AvgIpc) is 3.16. The van der Waals surface area contributed by atoms with Gasteiger partial charge in [0.2, 0.25) is 5.95 Å². The van der Waals surface area contributed by atoms with E-state index in [9.17, 15) is 9.18 Å². The Morgan fingerprint density at radius 1 is 1.32 bits per heavy atom. The van der Waals surface area contributed by atoms with Crippen LogP contribution in [0, 0.1) is 5.95 Å². The third-order valence-corrected chi connectivity index (χ3v) is 5.22. The van der Waals surface area contributed by atoms with Crippen LogP contribution in [-0.4, -0.2) is 28.9 Å². The molecular weight excluding hydrogens is 323 g/mol. The Morgan fingerprint density at radius 3 is 2.76 bits per heavy atom. The summed E-state index contributed by atoms with van der Waals surface area (Å²) < 4.78 is 19.0. The highest BCUT2D eigenvalue weighted by Gasteiger charge is 2.26. The number of fused-ring (bicyclic) bond motifs is 3. The van der Waals surface area contributed by atoms with Crippen LogP contribution >= 0.6 is 0 Å². The number of aromatic amines is 1. The molecule has 0 atom stereocenters. The second kappa shape index (κ2) is 4.81. The summed E-state index contributed by atoms with van der Waals surface area (Å²) in [6.45, 7) is 0. The molecule has 25 heavy (non-hydrogen) atoms. The molecule has 0 saturated heterocycles. The maximum Gasteiger partial charge on any atom is 0.329 e. The van der Waals surface area contributed by atoms with E-state index in [0.717, 1.165) is 35.7 Å². The molecule has 5 rings (SSSR count). The number of nitrogens with zero attached hydrogens (tertiary/aromatic N) is 5. The van der Waals surface area contributed by atoms with E-state index in [1.165, 1.54) is 4.68 Å². The molecule has 1 fully saturated rings. The minimum absolute atomic E-state index is 0.0238. The zero-order valence-electron chi connectivity index (χ0n) is 14.0. The van der Waals surface area contributed by atoms with Crippen molar-refractivity contribution in [1.29, 1.82) is 0 Å². The van der Waals surface area contributed by atoms with Crippen LogP contribution < -0.4 is 5.69 Å². The van der Waals surface area contributed by atoms with Crippen LogP contribution in [-0.2, 0) is 14.1 Å². The molecule has 0 unspecified atom stereocenters. The van der Waals surface area contributed by atoms with Crippen LogP contribution in [0.4, 0.5) is 4.39 Å². The summed E-state index contributed by atoms with van der Waals surface area (Å²) in [5, 5.41) is 4.59. The molecule has 128 valence electrons. The third kappa shape index (κ3) is 1.87. The summed E-state index contributed by atoms with van der Waals surface area (Å²) in [6.07, 6.45) is 6.49. The van der Waals surface area contributed by atoms with Crippen LogP contribution in [0.1, 0.15) is 25.3 Å². The van der Waals surface area contributed by atoms with Gasteiger partial charge >= 0.3 is 5.69 Å². The molecule has 1 aliphatic carbocycles. The molecule has 0 radical (unpaired) electrons. The Bertz CT molecular complexity index is 1190. The number of nitrogens with one attached hydrogen (secondary N) is 1. The first-order valence-electron chi connectivity index (χ1n) is 8.32. The van der Waals surface area contributed by atoms with Gasteiger partial charge in [0.25, 0.3) is 0 Å². The SMILES string of the molecule is Cn1cc(-c2cc3c(ncc4c3n(C3CCC3)c(=O)n4C)[nH]2)c(F)n1. The smallest absolute Gasteiger partial charge is 0.329 e. The standard InChI is InChI=1S/C17H17FN6O/c1-22-8-11(15(18)21-22)12-6-10-14-13(7-19-16(10)20-12)23(2)17(25)24(14)9-4-3-5-9/h6-9H,3-5H2,1-2H3,(H,19,20). The Kier molecular flexibility index (Phi) is 2.78. The molecule has 0 spiro atoms. The minimum Gasteiger partial charge on any atom is -0.339 e. The van der Waals surface area contributed by atoms with E-state index in [-0.39, 0.29) is 11.7 Å². The summed E-state index contributed by atoms with van der Waals surface area (Å²) >= 11 is 0. The molecule has 4 heterocycles. The number of aryl methyl sites for hydroxylation is 2. The minimum atomic E-state index is -0.533. The average molecular weight is 340 g/mol. The van der Waals surface area contributed by atoms with Gasteiger partial charge in [0, 0.05) is 31.7 Å². The maximum absolute atomic E-state index is 14.0. The van der Waals surface area contributed by atoms with Crippen LogP contribution in [0.25, 0.3) is 33.3 Å². The fraction of sp³-hybridized carbons (Fsp3) is 0.353. The topological polar surface area (TPSA) is 73.4 Å². The fourth-order valence-corrected chi connectivity index (χ4v) is 3.68. The number of pyridine rings is 1. The molecule has 8 heteroatoms. The summed E-state index contributed by atoms with van der Waals surface area (Å²) in [5.41, 5.74) is 3.28. The van der Waals surface area contributed by atoms with Crippen molar-refractivity contribution in [3.8, 4) is 11.3 Å². The van der Waals surface area contributed by atoms with Crippen molar-refractivity contribution in [3.05, 3.63) is 34.9 Å². The normalized spacial score (nSPS) is 15.3. The van der Waals surface area contributed by atoms with E-state index in [1.54, 1.807) is 31.1 Å². The number of imidazole rings is 1. The van der Waals surface area contributed by atoms with Gasteiger partial charge in [-0.15, -0.1) is 5.10 Å². The van der Waals surface area contributed by atoms with Gasteiger partial charge in [-0.25, -0.2) is 9.78 Å². The van der Waals surface area contributed by atoms with Crippen LogP contribution in [0.5, 0.6) is 0 Å². The van der Waals surface area contributed by atoms with E-state index in [0.29, 0.717) is 16.9 Å². The van der Waals surface area contributed by atoms with Crippen molar-refractivity contribution in [1.82, 2.24) is 28.9 Å². The highest BCUT2D eigenvalue weighted by Crippen LogP contribution is 2.36. The first kappa shape index (κ1) is 14.4. The van der Waals surface area contributed by atoms with E-state index >= 15 is 0 Å². The Balaban J connectivity index is 1.84. The lowest BCUT2D eigenvalue weighted by Crippen LogP contribution is -2.29. The number of hydrogen-bond acceptors (Lipinski definition) is 3. The van der Waals surface area contributed by atoms with Gasteiger partial charge in [0.1, 0.15) is 5.65 Å². The predicted octanol–water partition coefficient (Wildman–Crippen LogP) is 2.48. The monoisotopic (exact) mass is 340 g/mol. The van der Waals surface area contributed by atoms with Crippen LogP contribution in [0.2, 0.25) is 0 Å². The number of aromatic nitrogens is 6. The zero-order chi connectivity index (χ0) is 17.3. The van der Waals surface area contributed by atoms with Gasteiger partial charge < -0.3 is 4.98 Å². The second-order valence-electron chi connectivity index (χ2n) is 6.74. The molecule has 1 aliphatic rings. The highest BCUT2D eigenvalue weighted by atomic mass is 19.1.